The largest absolute Gasteiger partial charge is 0.496 e. The van der Waals surface area contributed by atoms with Crippen LogP contribution >= 0.6 is 0 Å². The van der Waals surface area contributed by atoms with Crippen molar-refractivity contribution in [1.29, 1.82) is 0 Å². The van der Waals surface area contributed by atoms with Crippen LogP contribution in [0.15, 0.2) is 69.6 Å². The van der Waals surface area contributed by atoms with Gasteiger partial charge in [-0.15, -0.1) is 0 Å². The second-order valence-electron chi connectivity index (χ2n) is 6.16. The molecule has 2 heterocycles. The Bertz CT molecular complexity index is 1060. The fourth-order valence-electron chi connectivity index (χ4n) is 2.91. The lowest BCUT2D eigenvalue weighted by atomic mass is 10.1. The maximum atomic E-state index is 12.5. The summed E-state index contributed by atoms with van der Waals surface area (Å²) < 4.78 is 16.5. The number of methoxy groups -OCH3 is 1. The van der Waals surface area contributed by atoms with Crippen molar-refractivity contribution in [3.05, 3.63) is 72.1 Å². The van der Waals surface area contributed by atoms with Crippen molar-refractivity contribution in [3.8, 4) is 17.1 Å². The average Bonchev–Trinajstić information content (AvgIpc) is 3.35. The van der Waals surface area contributed by atoms with E-state index in [4.69, 9.17) is 13.7 Å². The third-order valence-corrected chi connectivity index (χ3v) is 4.33. The van der Waals surface area contributed by atoms with Crippen LogP contribution in [0, 0.1) is 0 Å². The first-order valence-electron chi connectivity index (χ1n) is 8.55. The first-order valence-corrected chi connectivity index (χ1v) is 8.55. The maximum absolute atomic E-state index is 12.5. The highest BCUT2D eigenvalue weighted by Gasteiger charge is 2.19. The van der Waals surface area contributed by atoms with Gasteiger partial charge >= 0.3 is 0 Å². The van der Waals surface area contributed by atoms with Gasteiger partial charge in [0.15, 0.2) is 11.5 Å². The molecule has 0 spiro atoms. The van der Waals surface area contributed by atoms with Gasteiger partial charge in [-0.3, -0.25) is 4.79 Å². The van der Waals surface area contributed by atoms with Crippen LogP contribution in [0.25, 0.3) is 22.3 Å². The molecule has 1 amide bonds. The van der Waals surface area contributed by atoms with E-state index in [0.29, 0.717) is 17.3 Å². The Morgan fingerprint density at radius 1 is 1.11 bits per heavy atom. The van der Waals surface area contributed by atoms with E-state index in [2.05, 4.69) is 10.5 Å². The molecule has 0 radical (unpaired) electrons. The van der Waals surface area contributed by atoms with Gasteiger partial charge in [0.1, 0.15) is 17.1 Å². The van der Waals surface area contributed by atoms with Gasteiger partial charge in [0, 0.05) is 11.5 Å². The highest BCUT2D eigenvalue weighted by Crippen LogP contribution is 2.30. The molecule has 1 unspecified atom stereocenters. The van der Waals surface area contributed by atoms with Crippen LogP contribution in [0.4, 0.5) is 0 Å². The molecule has 0 saturated carbocycles. The molecule has 0 saturated heterocycles. The maximum Gasteiger partial charge on any atom is 0.274 e. The summed E-state index contributed by atoms with van der Waals surface area (Å²) >= 11 is 0. The minimum atomic E-state index is -0.340. The molecule has 0 fully saturated rings. The van der Waals surface area contributed by atoms with Crippen LogP contribution in [-0.2, 0) is 0 Å². The van der Waals surface area contributed by atoms with Gasteiger partial charge in [-0.1, -0.05) is 35.5 Å². The SMILES string of the molecule is COc1ccccc1-c1cc(C(=O)NC(C)c2cc3ccccc3o2)no1. The number of para-hydroxylation sites is 2. The van der Waals surface area contributed by atoms with E-state index in [-0.39, 0.29) is 17.6 Å². The van der Waals surface area contributed by atoms with Crippen molar-refractivity contribution in [2.24, 2.45) is 0 Å². The van der Waals surface area contributed by atoms with E-state index in [0.717, 1.165) is 16.5 Å². The second-order valence-corrected chi connectivity index (χ2v) is 6.16. The van der Waals surface area contributed by atoms with Crippen molar-refractivity contribution in [2.75, 3.05) is 7.11 Å². The Labute approximate surface area is 155 Å². The number of nitrogens with one attached hydrogen (secondary N) is 1. The third kappa shape index (κ3) is 3.29. The van der Waals surface area contributed by atoms with Crippen LogP contribution in [0.3, 0.4) is 0 Å². The normalized spacial score (nSPS) is 12.1. The Hall–Kier alpha value is -3.54. The number of hydrogen-bond donors (Lipinski definition) is 1. The monoisotopic (exact) mass is 362 g/mol. The molecule has 4 aromatic rings. The number of nitrogens with zero attached hydrogens (tertiary/aromatic N) is 1. The second kappa shape index (κ2) is 6.99. The smallest absolute Gasteiger partial charge is 0.274 e. The zero-order valence-corrected chi connectivity index (χ0v) is 14.9. The highest BCUT2D eigenvalue weighted by atomic mass is 16.5. The van der Waals surface area contributed by atoms with Crippen LogP contribution in [-0.4, -0.2) is 18.2 Å². The molecule has 0 bridgehead atoms. The van der Waals surface area contributed by atoms with Gasteiger partial charge < -0.3 is 19.0 Å². The highest BCUT2D eigenvalue weighted by molar-refractivity contribution is 5.93. The van der Waals surface area contributed by atoms with Crippen molar-refractivity contribution in [2.45, 2.75) is 13.0 Å². The molecule has 1 N–H and O–H groups in total. The number of rotatable bonds is 5. The zero-order chi connectivity index (χ0) is 18.8. The van der Waals surface area contributed by atoms with E-state index in [1.54, 1.807) is 13.2 Å². The van der Waals surface area contributed by atoms with Crippen LogP contribution < -0.4 is 10.1 Å². The van der Waals surface area contributed by atoms with Gasteiger partial charge in [-0.2, -0.15) is 0 Å². The molecule has 0 aliphatic carbocycles. The fraction of sp³-hybridized carbons (Fsp3) is 0.143. The van der Waals surface area contributed by atoms with Crippen LogP contribution in [0.2, 0.25) is 0 Å². The summed E-state index contributed by atoms with van der Waals surface area (Å²) in [5, 5.41) is 7.76. The molecular formula is C21H18N2O4. The number of carbonyl (C=O) groups excluding carboxylic acids is 1. The summed E-state index contributed by atoms with van der Waals surface area (Å²) in [5.74, 6) is 1.45. The number of benzene rings is 2. The number of amides is 1. The molecule has 136 valence electrons. The van der Waals surface area contributed by atoms with Crippen LogP contribution in [0.1, 0.15) is 29.2 Å². The summed E-state index contributed by atoms with van der Waals surface area (Å²) in [4.78, 5) is 12.5. The first-order chi connectivity index (χ1) is 13.2. The number of ether oxygens (including phenoxy) is 1. The van der Waals surface area contributed by atoms with Gasteiger partial charge in [0.2, 0.25) is 0 Å². The Balaban J connectivity index is 1.52. The standard InChI is InChI=1S/C21H18N2O4/c1-13(19-11-14-7-3-5-9-17(14)26-19)22-21(24)16-12-20(27-23-16)15-8-4-6-10-18(15)25-2/h3-13H,1-2H3,(H,22,24). The Kier molecular flexibility index (Phi) is 4.38. The fourth-order valence-corrected chi connectivity index (χ4v) is 2.91. The predicted molar refractivity (Wildman–Crippen MR) is 101 cm³/mol. The topological polar surface area (TPSA) is 77.5 Å². The lowest BCUT2D eigenvalue weighted by Gasteiger charge is -2.09. The molecule has 2 aromatic heterocycles. The lowest BCUT2D eigenvalue weighted by Crippen LogP contribution is -2.26. The number of furan rings is 1. The van der Waals surface area contributed by atoms with Crippen molar-refractivity contribution >= 4 is 16.9 Å². The van der Waals surface area contributed by atoms with Crippen molar-refractivity contribution in [1.82, 2.24) is 10.5 Å². The number of carbonyl (C=O) groups is 1. The first kappa shape index (κ1) is 16.9. The molecule has 0 aliphatic heterocycles. The Morgan fingerprint density at radius 2 is 1.89 bits per heavy atom. The van der Waals surface area contributed by atoms with E-state index in [1.807, 2.05) is 61.5 Å². The molecule has 0 aliphatic rings. The minimum absolute atomic E-state index is 0.193. The molecule has 4 rings (SSSR count). The molecule has 2 aromatic carbocycles. The number of aromatic nitrogens is 1. The van der Waals surface area contributed by atoms with E-state index in [9.17, 15) is 4.79 Å². The van der Waals surface area contributed by atoms with Crippen molar-refractivity contribution < 1.29 is 18.5 Å². The van der Waals surface area contributed by atoms with Gasteiger partial charge in [-0.25, -0.2) is 0 Å². The average molecular weight is 362 g/mol. The van der Waals surface area contributed by atoms with E-state index in [1.165, 1.54) is 0 Å². The van der Waals surface area contributed by atoms with Gasteiger partial charge in [0.05, 0.1) is 18.7 Å². The summed E-state index contributed by atoms with van der Waals surface area (Å²) in [6.07, 6.45) is 0. The summed E-state index contributed by atoms with van der Waals surface area (Å²) in [6, 6.07) is 18.3. The summed E-state index contributed by atoms with van der Waals surface area (Å²) in [5.41, 5.74) is 1.71. The van der Waals surface area contributed by atoms with E-state index >= 15 is 0 Å². The zero-order valence-electron chi connectivity index (χ0n) is 14.9. The van der Waals surface area contributed by atoms with Crippen molar-refractivity contribution in [3.63, 3.8) is 0 Å². The molecule has 6 heteroatoms. The predicted octanol–water partition coefficient (Wildman–Crippen LogP) is 4.59. The summed E-state index contributed by atoms with van der Waals surface area (Å²) in [6.45, 7) is 1.86. The van der Waals surface area contributed by atoms with E-state index < -0.39 is 0 Å². The molecule has 27 heavy (non-hydrogen) atoms. The van der Waals surface area contributed by atoms with Gasteiger partial charge in [0.25, 0.3) is 5.91 Å². The van der Waals surface area contributed by atoms with Gasteiger partial charge in [-0.05, 0) is 31.2 Å². The number of hydrogen-bond acceptors (Lipinski definition) is 5. The molecule has 6 nitrogen and oxygen atoms in total. The third-order valence-electron chi connectivity index (χ3n) is 4.33. The molecular weight excluding hydrogens is 344 g/mol. The summed E-state index contributed by atoms with van der Waals surface area (Å²) in [7, 11) is 1.58. The lowest BCUT2D eigenvalue weighted by molar-refractivity contribution is 0.0926. The number of fused-ring (bicyclic) bond motifs is 1. The minimum Gasteiger partial charge on any atom is -0.496 e. The van der Waals surface area contributed by atoms with Crippen LogP contribution in [0.5, 0.6) is 5.75 Å². The Morgan fingerprint density at radius 3 is 2.70 bits per heavy atom. The quantitative estimate of drug-likeness (QED) is 0.562. The molecule has 1 atom stereocenters.